The van der Waals surface area contributed by atoms with Gasteiger partial charge in [0.25, 0.3) is 17.2 Å². The summed E-state index contributed by atoms with van der Waals surface area (Å²) in [4.78, 5) is 39.1. The van der Waals surface area contributed by atoms with Crippen molar-refractivity contribution in [3.05, 3.63) is 306 Å². The summed E-state index contributed by atoms with van der Waals surface area (Å²) in [5.74, 6) is -0.890. The lowest BCUT2D eigenvalue weighted by atomic mass is 10.0. The average molecular weight is 1200 g/mol. The van der Waals surface area contributed by atoms with Crippen molar-refractivity contribution in [3.8, 4) is 40.7 Å². The Hall–Kier alpha value is -14.4. The van der Waals surface area contributed by atoms with Crippen molar-refractivity contribution in [3.63, 3.8) is 0 Å². The fourth-order valence-electron chi connectivity index (χ4n) is 12.3. The van der Waals surface area contributed by atoms with E-state index in [2.05, 4.69) is 318 Å². The van der Waals surface area contributed by atoms with Crippen molar-refractivity contribution in [1.82, 2.24) is 39.0 Å². The number of benzene rings is 11. The first-order valence-electron chi connectivity index (χ1n) is 29.5. The average Bonchev–Trinajstić information content (AvgIpc) is 1.11. The predicted octanol–water partition coefficient (Wildman–Crippen LogP) is 19.3. The third-order valence-corrected chi connectivity index (χ3v) is 16.4. The van der Waals surface area contributed by atoms with E-state index in [0.29, 0.717) is 0 Å². The number of hydrogen-bond donors (Lipinski definition) is 0. The van der Waals surface area contributed by atoms with Gasteiger partial charge in [0.2, 0.25) is 11.0 Å². The maximum atomic E-state index is 9.30. The van der Waals surface area contributed by atoms with E-state index in [0.717, 1.165) is 56.6 Å². The minimum Gasteiger partial charge on any atom is -0.370 e. The first kappa shape index (κ1) is 56.1. The minimum absolute atomic E-state index is 0.000622. The van der Waals surface area contributed by atoms with Crippen LogP contribution in [0.15, 0.2) is 255 Å². The molecule has 11 aromatic carbocycles. The Morgan fingerprint density at radius 3 is 0.957 bits per heavy atom. The molecule has 0 bridgehead atoms. The van der Waals surface area contributed by atoms with Crippen LogP contribution in [0.25, 0.3) is 114 Å². The number of nitriles is 3. The Morgan fingerprint density at radius 1 is 0.287 bits per heavy atom. The zero-order valence-corrected chi connectivity index (χ0v) is 49.4. The lowest BCUT2D eigenvalue weighted by Gasteiger charge is -2.26. The molecule has 0 amide bonds. The monoisotopic (exact) mass is 1200 g/mol. The standard InChI is InChI=1S/C60H42N4.C18N12/c1-5-17-45(18-6-1)61(51-37-39-59-55(41-51)53-25-13-15-27-57(53)63(59)47-21-9-3-10-22-47)49-33-29-43(30-34-49)44-31-35-50(36-32-44)62(46-19-7-2-8-20-46)52-38-40-60-56(42-52)54-26-14-16-28-58(54)64(60)48-23-11-4-12-24-48;1-22-16-9(6-21)27-12-10-11(26-8(5-20)7(4-19)25-10)14-15(13(12)28-16)30-18(24-3)17(23-2)29-14/h1-42H;. The van der Waals surface area contributed by atoms with Gasteiger partial charge in [-0.15, -0.1) is 15.0 Å². The zero-order chi connectivity index (χ0) is 63.8. The molecule has 16 aromatic rings. The quantitative estimate of drug-likeness (QED) is 0.0992. The second kappa shape index (κ2) is 23.6. The highest BCUT2D eigenvalue weighted by atomic mass is 15.2. The number of aromatic nitrogens is 8. The van der Waals surface area contributed by atoms with E-state index >= 15 is 0 Å². The molecule has 94 heavy (non-hydrogen) atoms. The van der Waals surface area contributed by atoms with Crippen LogP contribution in [-0.4, -0.2) is 39.0 Å². The van der Waals surface area contributed by atoms with Crippen molar-refractivity contribution in [2.24, 2.45) is 0 Å². The van der Waals surface area contributed by atoms with Crippen LogP contribution in [0.1, 0.15) is 17.1 Å². The van der Waals surface area contributed by atoms with Gasteiger partial charge in [0.15, 0.2) is 17.1 Å². The van der Waals surface area contributed by atoms with Gasteiger partial charge in [0.05, 0.1) is 22.1 Å². The van der Waals surface area contributed by atoms with Gasteiger partial charge in [-0.25, -0.2) is 15.0 Å². The summed E-state index contributed by atoms with van der Waals surface area (Å²) in [6.07, 6.45) is 0. The predicted molar refractivity (Wildman–Crippen MR) is 369 cm³/mol. The number of nitrogens with zero attached hydrogens (tertiary/aromatic N) is 16. The SMILES string of the molecule is [C-]#[N+]c1nc2c(nc1C#N)c1nc(C#N)c(C#N)nc1c1nc([N+]#[C-])c([N+]#[C-])nc21.c1ccc(N(c2ccc(-c3ccc(N(c4ccccc4)c4ccc5c(c4)c4ccccc4n5-c4ccccc4)cc3)cc2)c2ccc3c(c2)c2ccccc2n3-c2ccccc2)cc1. The molecule has 0 saturated heterocycles. The lowest BCUT2D eigenvalue weighted by molar-refractivity contribution is 1.18. The molecule has 16 nitrogen and oxygen atoms in total. The van der Waals surface area contributed by atoms with Gasteiger partial charge in [0, 0.05) is 67.0 Å². The van der Waals surface area contributed by atoms with Crippen LogP contribution in [0.3, 0.4) is 0 Å². The molecule has 0 saturated carbocycles. The molecule has 0 aliphatic heterocycles. The van der Waals surface area contributed by atoms with Crippen LogP contribution in [0, 0.1) is 53.7 Å². The van der Waals surface area contributed by atoms with E-state index in [9.17, 15) is 15.8 Å². The molecule has 0 spiro atoms. The van der Waals surface area contributed by atoms with Gasteiger partial charge < -0.3 is 33.5 Å². The molecule has 0 atom stereocenters. The third kappa shape index (κ3) is 9.61. The van der Waals surface area contributed by atoms with Crippen LogP contribution in [0.5, 0.6) is 0 Å². The Balaban J connectivity index is 0.000000204. The molecule has 16 rings (SSSR count). The summed E-state index contributed by atoms with van der Waals surface area (Å²) in [7, 11) is 0. The number of anilines is 6. The fourth-order valence-corrected chi connectivity index (χ4v) is 12.3. The normalized spacial score (nSPS) is 10.9. The summed E-state index contributed by atoms with van der Waals surface area (Å²) in [6.45, 7) is 21.7. The molecule has 5 aromatic heterocycles. The molecule has 0 aliphatic carbocycles. The van der Waals surface area contributed by atoms with Crippen LogP contribution >= 0.6 is 0 Å². The first-order chi connectivity index (χ1) is 46.4. The zero-order valence-electron chi connectivity index (χ0n) is 49.4. The number of rotatable bonds is 9. The van der Waals surface area contributed by atoms with E-state index in [-0.39, 0.29) is 67.6 Å². The van der Waals surface area contributed by atoms with Gasteiger partial charge in [-0.1, -0.05) is 153 Å². The summed E-state index contributed by atoms with van der Waals surface area (Å²) in [5.41, 5.74) is 15.2. The molecule has 5 heterocycles. The molecular formula is C78H42N16. The molecule has 0 radical (unpaired) electrons. The summed E-state index contributed by atoms with van der Waals surface area (Å²) < 4.78 is 4.73. The summed E-state index contributed by atoms with van der Waals surface area (Å²) in [6, 6.07) is 96.9. The highest BCUT2D eigenvalue weighted by Crippen LogP contribution is 2.44. The van der Waals surface area contributed by atoms with Crippen molar-refractivity contribution in [2.45, 2.75) is 0 Å². The van der Waals surface area contributed by atoms with Gasteiger partial charge in [-0.2, -0.15) is 15.8 Å². The Morgan fingerprint density at radius 2 is 0.585 bits per heavy atom. The molecule has 0 aliphatic rings. The van der Waals surface area contributed by atoms with Crippen LogP contribution in [0.4, 0.5) is 51.6 Å². The molecule has 16 heteroatoms. The maximum Gasteiger partial charge on any atom is 0.307 e. The second-order valence-corrected chi connectivity index (χ2v) is 21.7. The third-order valence-electron chi connectivity index (χ3n) is 16.4. The van der Waals surface area contributed by atoms with Crippen molar-refractivity contribution in [2.75, 3.05) is 9.80 Å². The van der Waals surface area contributed by atoms with Crippen LogP contribution in [-0.2, 0) is 0 Å². The number of para-hydroxylation sites is 6. The maximum absolute atomic E-state index is 9.30. The van der Waals surface area contributed by atoms with E-state index in [4.69, 9.17) is 19.7 Å². The van der Waals surface area contributed by atoms with E-state index in [1.807, 2.05) is 0 Å². The molecule has 0 unspecified atom stereocenters. The Bertz CT molecular complexity index is 5390. The van der Waals surface area contributed by atoms with E-state index in [1.165, 1.54) is 43.6 Å². The van der Waals surface area contributed by atoms with Crippen molar-refractivity contribution >= 4 is 128 Å². The summed E-state index contributed by atoms with van der Waals surface area (Å²) >= 11 is 0. The largest absolute Gasteiger partial charge is 0.370 e. The van der Waals surface area contributed by atoms with E-state index < -0.39 is 0 Å². The molecule has 434 valence electrons. The van der Waals surface area contributed by atoms with E-state index in [1.54, 1.807) is 18.2 Å². The van der Waals surface area contributed by atoms with Gasteiger partial charge in [0.1, 0.15) is 34.8 Å². The minimum atomic E-state index is -0.298. The topological polar surface area (TPSA) is 178 Å². The van der Waals surface area contributed by atoms with Crippen molar-refractivity contribution in [1.29, 1.82) is 15.8 Å². The highest BCUT2D eigenvalue weighted by Gasteiger charge is 2.29. The fraction of sp³-hybridized carbons (Fsp3) is 0. The Kier molecular flexibility index (Phi) is 14.1. The van der Waals surface area contributed by atoms with Crippen LogP contribution in [0.2, 0.25) is 0 Å². The lowest BCUT2D eigenvalue weighted by Crippen LogP contribution is -2.10. The van der Waals surface area contributed by atoms with Gasteiger partial charge >= 0.3 is 5.82 Å². The Labute approximate surface area is 537 Å². The van der Waals surface area contributed by atoms with Crippen LogP contribution < -0.4 is 9.80 Å². The summed E-state index contributed by atoms with van der Waals surface area (Å²) in [5, 5.41) is 32.8. The van der Waals surface area contributed by atoms with Gasteiger partial charge in [-0.3, -0.25) is 0 Å². The molecule has 0 N–H and O–H groups in total. The first-order valence-corrected chi connectivity index (χ1v) is 29.5. The number of hydrogen-bond acceptors (Lipinski definition) is 11. The van der Waals surface area contributed by atoms with Gasteiger partial charge in [-0.05, 0) is 132 Å². The number of fused-ring (bicyclic) bond motifs is 12. The van der Waals surface area contributed by atoms with Crippen molar-refractivity contribution < 1.29 is 0 Å². The molecule has 0 fully saturated rings. The smallest absolute Gasteiger partial charge is 0.307 e. The second-order valence-electron chi connectivity index (χ2n) is 21.7. The highest BCUT2D eigenvalue weighted by molar-refractivity contribution is 6.19. The molecular weight excluding hydrogens is 1160 g/mol.